The van der Waals surface area contributed by atoms with E-state index >= 15 is 0 Å². The molecule has 0 aromatic carbocycles. The van der Waals surface area contributed by atoms with Gasteiger partial charge in [-0.25, -0.2) is 0 Å². The average molecular weight is 190 g/mol. The number of ether oxygens (including phenoxy) is 1. The van der Waals surface area contributed by atoms with Crippen LogP contribution in [0.1, 0.15) is 0 Å². The van der Waals surface area contributed by atoms with Gasteiger partial charge in [0, 0.05) is 11.1 Å². The van der Waals surface area contributed by atoms with Gasteiger partial charge in [0.1, 0.15) is 6.10 Å². The lowest BCUT2D eigenvalue weighted by Crippen LogP contribution is -2.18. The fourth-order valence-electron chi connectivity index (χ4n) is 1.64. The van der Waals surface area contributed by atoms with Gasteiger partial charge in [-0.1, -0.05) is 30.9 Å². The molecule has 0 spiro atoms. The molecular weight excluding hydrogens is 180 g/mol. The summed E-state index contributed by atoms with van der Waals surface area (Å²) >= 11 is 0. The van der Waals surface area contributed by atoms with Gasteiger partial charge in [0.2, 0.25) is 5.78 Å². The van der Waals surface area contributed by atoms with E-state index in [1.807, 2.05) is 0 Å². The van der Waals surface area contributed by atoms with Crippen molar-refractivity contribution in [3.05, 3.63) is 47.8 Å². The first-order chi connectivity index (χ1) is 6.75. The molecule has 1 unspecified atom stereocenters. The average Bonchev–Trinajstić information content (AvgIpc) is 2.45. The van der Waals surface area contributed by atoms with Gasteiger partial charge in [0.05, 0.1) is 6.61 Å². The number of hydrogen-bond donors (Lipinski definition) is 1. The first-order valence-electron chi connectivity index (χ1n) is 4.34. The van der Waals surface area contributed by atoms with E-state index in [0.717, 1.165) is 0 Å². The predicted octanol–water partition coefficient (Wildman–Crippen LogP) is 1.45. The quantitative estimate of drug-likeness (QED) is 0.636. The van der Waals surface area contributed by atoms with Crippen LogP contribution in [0.5, 0.6) is 0 Å². The van der Waals surface area contributed by atoms with Crippen LogP contribution in [0.4, 0.5) is 0 Å². The number of aliphatic hydroxyl groups excluding tert-OH is 1. The monoisotopic (exact) mass is 190 g/mol. The van der Waals surface area contributed by atoms with Crippen LogP contribution in [0, 0.1) is 0 Å². The topological polar surface area (TPSA) is 46.5 Å². The molecule has 0 saturated carbocycles. The number of hydrogen-bond acceptors (Lipinski definition) is 3. The molecule has 2 aliphatic rings. The standard InChI is InChI=1S/C11H10O3/c1-2-4-7-9(12)10(13)8-5-3-6-14-11(7)8/h2-5,11,13H,1,6H2/b7-4-. The zero-order valence-electron chi connectivity index (χ0n) is 7.56. The fraction of sp³-hybridized carbons (Fsp3) is 0.182. The van der Waals surface area contributed by atoms with Gasteiger partial charge in [0.15, 0.2) is 5.76 Å². The minimum Gasteiger partial charge on any atom is -0.504 e. The van der Waals surface area contributed by atoms with Crippen molar-refractivity contribution in [2.24, 2.45) is 0 Å². The third kappa shape index (κ3) is 1.14. The highest BCUT2D eigenvalue weighted by molar-refractivity contribution is 6.12. The molecule has 1 aliphatic carbocycles. The van der Waals surface area contributed by atoms with E-state index < -0.39 is 6.10 Å². The van der Waals surface area contributed by atoms with E-state index in [0.29, 0.717) is 17.8 Å². The third-order valence-corrected chi connectivity index (χ3v) is 2.27. The molecule has 0 amide bonds. The molecule has 0 aromatic heterocycles. The minimum atomic E-state index is -0.412. The summed E-state index contributed by atoms with van der Waals surface area (Å²) in [5.41, 5.74) is 1.01. The summed E-state index contributed by atoms with van der Waals surface area (Å²) in [6.45, 7) is 3.98. The number of ketones is 1. The van der Waals surface area contributed by atoms with E-state index in [2.05, 4.69) is 6.58 Å². The van der Waals surface area contributed by atoms with Gasteiger partial charge in [-0.3, -0.25) is 4.79 Å². The van der Waals surface area contributed by atoms with Gasteiger partial charge < -0.3 is 9.84 Å². The van der Waals surface area contributed by atoms with Gasteiger partial charge in [-0.2, -0.15) is 0 Å². The number of aliphatic hydroxyl groups is 1. The highest BCUT2D eigenvalue weighted by Crippen LogP contribution is 2.32. The van der Waals surface area contributed by atoms with Crippen LogP contribution >= 0.6 is 0 Å². The van der Waals surface area contributed by atoms with Gasteiger partial charge in [0.25, 0.3) is 0 Å². The number of carbonyl (C=O) groups is 1. The molecule has 3 nitrogen and oxygen atoms in total. The molecule has 1 aliphatic heterocycles. The fourth-order valence-corrected chi connectivity index (χ4v) is 1.64. The molecule has 1 heterocycles. The summed E-state index contributed by atoms with van der Waals surface area (Å²) in [5, 5.41) is 9.51. The van der Waals surface area contributed by atoms with Crippen molar-refractivity contribution < 1.29 is 14.6 Å². The SMILES string of the molecule is C=C/C=C1/C(=O)C(O)=C2C=CCOC21. The molecule has 0 bridgehead atoms. The maximum atomic E-state index is 11.5. The molecule has 0 radical (unpaired) electrons. The summed E-state index contributed by atoms with van der Waals surface area (Å²) in [4.78, 5) is 11.5. The largest absolute Gasteiger partial charge is 0.504 e. The van der Waals surface area contributed by atoms with Crippen LogP contribution in [0.25, 0.3) is 0 Å². The second-order valence-electron chi connectivity index (χ2n) is 3.11. The summed E-state index contributed by atoms with van der Waals surface area (Å²) in [7, 11) is 0. The molecule has 1 atom stereocenters. The number of allylic oxidation sites excluding steroid dienone is 3. The van der Waals surface area contributed by atoms with E-state index in [4.69, 9.17) is 4.74 Å². The highest BCUT2D eigenvalue weighted by atomic mass is 16.5. The smallest absolute Gasteiger partial charge is 0.226 e. The number of fused-ring (bicyclic) bond motifs is 1. The van der Waals surface area contributed by atoms with Crippen molar-refractivity contribution in [1.82, 2.24) is 0 Å². The predicted molar refractivity (Wildman–Crippen MR) is 51.8 cm³/mol. The van der Waals surface area contributed by atoms with Crippen LogP contribution in [0.3, 0.4) is 0 Å². The summed E-state index contributed by atoms with van der Waals surface area (Å²) in [6, 6.07) is 0. The normalized spacial score (nSPS) is 28.4. The van der Waals surface area contributed by atoms with E-state index in [1.54, 1.807) is 18.2 Å². The lowest BCUT2D eigenvalue weighted by atomic mass is 10.1. The van der Waals surface area contributed by atoms with Gasteiger partial charge >= 0.3 is 0 Å². The molecule has 0 fully saturated rings. The lowest BCUT2D eigenvalue weighted by Gasteiger charge is -2.16. The van der Waals surface area contributed by atoms with Crippen molar-refractivity contribution >= 4 is 5.78 Å². The Kier molecular flexibility index (Phi) is 2.09. The Morgan fingerprint density at radius 3 is 3.14 bits per heavy atom. The van der Waals surface area contributed by atoms with E-state index in [9.17, 15) is 9.90 Å². The molecular formula is C11H10O3. The molecule has 72 valence electrons. The molecule has 14 heavy (non-hydrogen) atoms. The Morgan fingerprint density at radius 1 is 1.64 bits per heavy atom. The Morgan fingerprint density at radius 2 is 2.43 bits per heavy atom. The number of Topliss-reactive ketones (excluding diaryl/α,β-unsaturated/α-hetero) is 1. The zero-order chi connectivity index (χ0) is 10.1. The molecule has 3 heteroatoms. The molecule has 0 saturated heterocycles. The first kappa shape index (κ1) is 8.97. The van der Waals surface area contributed by atoms with Crippen molar-refractivity contribution in [3.8, 4) is 0 Å². The van der Waals surface area contributed by atoms with Crippen LogP contribution in [-0.4, -0.2) is 23.6 Å². The molecule has 2 rings (SSSR count). The first-order valence-corrected chi connectivity index (χ1v) is 4.34. The van der Waals surface area contributed by atoms with Crippen LogP contribution in [0.15, 0.2) is 47.8 Å². The maximum absolute atomic E-state index is 11.5. The van der Waals surface area contributed by atoms with Crippen molar-refractivity contribution in [2.45, 2.75) is 6.10 Å². The van der Waals surface area contributed by atoms with Crippen molar-refractivity contribution in [2.75, 3.05) is 6.61 Å². The summed E-state index contributed by atoms with van der Waals surface area (Å²) in [6.07, 6.45) is 6.18. The Balaban J connectivity index is 2.48. The third-order valence-electron chi connectivity index (χ3n) is 2.27. The minimum absolute atomic E-state index is 0.209. The lowest BCUT2D eigenvalue weighted by molar-refractivity contribution is -0.114. The summed E-state index contributed by atoms with van der Waals surface area (Å²) < 4.78 is 5.37. The Hall–Kier alpha value is -1.61. The van der Waals surface area contributed by atoms with Crippen LogP contribution < -0.4 is 0 Å². The van der Waals surface area contributed by atoms with Crippen molar-refractivity contribution in [1.29, 1.82) is 0 Å². The second-order valence-corrected chi connectivity index (χ2v) is 3.11. The maximum Gasteiger partial charge on any atom is 0.226 e. The summed E-state index contributed by atoms with van der Waals surface area (Å²) in [5.74, 6) is -0.574. The van der Waals surface area contributed by atoms with Crippen LogP contribution in [-0.2, 0) is 9.53 Å². The van der Waals surface area contributed by atoms with E-state index in [1.165, 1.54) is 6.08 Å². The zero-order valence-corrected chi connectivity index (χ0v) is 7.56. The number of carbonyl (C=O) groups excluding carboxylic acids is 1. The Bertz CT molecular complexity index is 385. The van der Waals surface area contributed by atoms with Gasteiger partial charge in [-0.15, -0.1) is 0 Å². The highest BCUT2D eigenvalue weighted by Gasteiger charge is 2.37. The van der Waals surface area contributed by atoms with Gasteiger partial charge in [-0.05, 0) is 0 Å². The van der Waals surface area contributed by atoms with E-state index in [-0.39, 0.29) is 11.5 Å². The Labute approximate surface area is 81.7 Å². The van der Waals surface area contributed by atoms with Crippen LogP contribution in [0.2, 0.25) is 0 Å². The number of rotatable bonds is 1. The molecule has 0 aromatic rings. The second kappa shape index (κ2) is 3.27. The molecule has 1 N–H and O–H groups in total. The van der Waals surface area contributed by atoms with Crippen molar-refractivity contribution in [3.63, 3.8) is 0 Å².